The average Bonchev–Trinajstić information content (AvgIpc) is 3.54. The normalized spacial score (nSPS) is 14.9. The van der Waals surface area contributed by atoms with Crippen LogP contribution in [0.3, 0.4) is 0 Å². The van der Waals surface area contributed by atoms with Crippen LogP contribution in [0.25, 0.3) is 0 Å². The molecule has 3 rings (SSSR count). The monoisotopic (exact) mass is 499 g/mol. The molecule has 0 aliphatic heterocycles. The van der Waals surface area contributed by atoms with Crippen LogP contribution in [0.5, 0.6) is 11.5 Å². The fraction of sp³-hybridized carbons (Fsp3) is 0.517. The molecular weight excluding hydrogens is 458 g/mol. The maximum absolute atomic E-state index is 10.6. The third-order valence-corrected chi connectivity index (χ3v) is 6.68. The van der Waals surface area contributed by atoms with Crippen LogP contribution in [-0.2, 0) is 19.3 Å². The molecule has 0 unspecified atom stereocenters. The van der Waals surface area contributed by atoms with E-state index in [0.29, 0.717) is 24.3 Å². The summed E-state index contributed by atoms with van der Waals surface area (Å²) in [5, 5.41) is 40.1. The lowest BCUT2D eigenvalue weighted by molar-refractivity contribution is 0.0242. The number of hydrogen-bond donors (Lipinski definition) is 5. The largest absolute Gasteiger partial charge is 0.504 e. The van der Waals surface area contributed by atoms with Gasteiger partial charge in [0.1, 0.15) is 24.2 Å². The van der Waals surface area contributed by atoms with Gasteiger partial charge in [0.05, 0.1) is 12.2 Å². The van der Waals surface area contributed by atoms with Crippen molar-refractivity contribution in [2.45, 2.75) is 89.9 Å². The fourth-order valence-electron chi connectivity index (χ4n) is 4.13. The summed E-state index contributed by atoms with van der Waals surface area (Å²) in [6, 6.07) is 11.2. The van der Waals surface area contributed by atoms with Crippen molar-refractivity contribution < 1.29 is 29.6 Å². The molecule has 0 bridgehead atoms. The zero-order valence-corrected chi connectivity index (χ0v) is 21.6. The number of hydrogen-bond acceptors (Lipinski definition) is 6. The van der Waals surface area contributed by atoms with E-state index in [0.717, 1.165) is 54.8 Å². The Morgan fingerprint density at radius 2 is 1.69 bits per heavy atom. The molecule has 5 N–H and O–H groups in total. The molecule has 0 fully saturated rings. The van der Waals surface area contributed by atoms with E-state index in [1.165, 1.54) is 0 Å². The second-order valence-electron chi connectivity index (χ2n) is 9.78. The Balaban J connectivity index is 1.51. The van der Waals surface area contributed by atoms with Crippen molar-refractivity contribution >= 4 is 0 Å². The predicted octanol–water partition coefficient (Wildman–Crippen LogP) is 5.18. The topological polar surface area (TPSA) is 119 Å². The van der Waals surface area contributed by atoms with Gasteiger partial charge in [-0.3, -0.25) is 0 Å². The Labute approximate surface area is 213 Å². The van der Waals surface area contributed by atoms with E-state index in [9.17, 15) is 20.4 Å². The minimum Gasteiger partial charge on any atom is -0.504 e. The van der Waals surface area contributed by atoms with E-state index in [1.54, 1.807) is 19.1 Å². The summed E-state index contributed by atoms with van der Waals surface area (Å²) in [5.74, 6) is 2.50. The zero-order valence-electron chi connectivity index (χ0n) is 21.6. The lowest BCUT2D eigenvalue weighted by atomic mass is 9.95. The van der Waals surface area contributed by atoms with Crippen LogP contribution >= 0.6 is 0 Å². The van der Waals surface area contributed by atoms with Crippen molar-refractivity contribution in [3.05, 3.63) is 70.9 Å². The first-order valence-electron chi connectivity index (χ1n) is 13.0. The summed E-state index contributed by atoms with van der Waals surface area (Å²) < 4.78 is 11.7. The smallest absolute Gasteiger partial charge is 0.161 e. The van der Waals surface area contributed by atoms with E-state index in [-0.39, 0.29) is 18.3 Å². The Hall–Kier alpha value is -2.74. The first-order chi connectivity index (χ1) is 17.3. The molecule has 0 aliphatic carbocycles. The number of aliphatic hydroxyl groups excluding tert-OH is 3. The van der Waals surface area contributed by atoms with Gasteiger partial charge in [-0.25, -0.2) is 0 Å². The second kappa shape index (κ2) is 13.5. The number of aliphatic hydroxyl groups is 3. The highest BCUT2D eigenvalue weighted by molar-refractivity contribution is 5.42. The van der Waals surface area contributed by atoms with E-state index in [2.05, 4.69) is 11.9 Å². The van der Waals surface area contributed by atoms with Crippen molar-refractivity contribution in [3.8, 4) is 11.5 Å². The van der Waals surface area contributed by atoms with Gasteiger partial charge in [-0.2, -0.15) is 0 Å². The molecule has 4 atom stereocenters. The molecule has 36 heavy (non-hydrogen) atoms. The number of ether oxygens (including phenoxy) is 1. The van der Waals surface area contributed by atoms with Crippen LogP contribution in [0.4, 0.5) is 0 Å². The van der Waals surface area contributed by atoms with Crippen molar-refractivity contribution in [1.82, 2.24) is 4.98 Å². The maximum Gasteiger partial charge on any atom is 0.161 e. The molecule has 0 spiro atoms. The summed E-state index contributed by atoms with van der Waals surface area (Å²) in [6.45, 7) is 5.78. The van der Waals surface area contributed by atoms with Gasteiger partial charge in [0, 0.05) is 24.7 Å². The molecule has 0 amide bonds. The number of phenolic OH excluding ortho intramolecular Hbond substituents is 1. The number of aromatic amines is 1. The number of aromatic nitrogens is 1. The Morgan fingerprint density at radius 1 is 0.944 bits per heavy atom. The molecule has 7 nitrogen and oxygen atoms in total. The number of furan rings is 1. The minimum absolute atomic E-state index is 0.00887. The van der Waals surface area contributed by atoms with Crippen molar-refractivity contribution in [1.29, 1.82) is 0 Å². The van der Waals surface area contributed by atoms with Gasteiger partial charge in [-0.1, -0.05) is 26.3 Å². The van der Waals surface area contributed by atoms with Gasteiger partial charge in [0.2, 0.25) is 0 Å². The Bertz CT molecular complexity index is 1060. The molecule has 0 radical (unpaired) electrons. The van der Waals surface area contributed by atoms with Crippen LogP contribution in [-0.4, -0.2) is 44.2 Å². The van der Waals surface area contributed by atoms with Crippen molar-refractivity contribution in [2.75, 3.05) is 6.61 Å². The number of benzene rings is 1. The Morgan fingerprint density at radius 3 is 2.42 bits per heavy atom. The zero-order chi connectivity index (χ0) is 26.1. The molecule has 2 aromatic heterocycles. The van der Waals surface area contributed by atoms with E-state index < -0.39 is 18.3 Å². The number of aromatic hydroxyl groups is 1. The molecular formula is C29H41NO6. The standard InChI is InChI=1S/C29H41NO6/c1-4-5-6-23-11-12-24(36-23)10-8-21-9-14-27(33)29(15-21)35-18-28(34)25-16-22(17-30-25)19(2)7-13-26(32)20(3)31/h9,11-12,14-17,19-20,26,28,30-34H,4-8,10,13,18H2,1-3H3/t19-,20+,26+,28+/m1/s1. The minimum atomic E-state index is -0.887. The molecule has 0 saturated carbocycles. The van der Waals surface area contributed by atoms with E-state index >= 15 is 0 Å². The average molecular weight is 500 g/mol. The van der Waals surface area contributed by atoms with Gasteiger partial charge < -0.3 is 34.6 Å². The lowest BCUT2D eigenvalue weighted by Crippen LogP contribution is -2.22. The van der Waals surface area contributed by atoms with Crippen LogP contribution < -0.4 is 4.74 Å². The van der Waals surface area contributed by atoms with Crippen molar-refractivity contribution in [3.63, 3.8) is 0 Å². The quantitative estimate of drug-likeness (QED) is 0.197. The highest BCUT2D eigenvalue weighted by Gasteiger charge is 2.17. The molecule has 3 aromatic rings. The number of aryl methyl sites for hydroxylation is 3. The molecule has 0 aliphatic rings. The van der Waals surface area contributed by atoms with Crippen molar-refractivity contribution in [2.24, 2.45) is 0 Å². The molecule has 198 valence electrons. The Kier molecular flexibility index (Phi) is 10.5. The molecule has 2 heterocycles. The fourth-order valence-corrected chi connectivity index (χ4v) is 4.13. The first-order valence-corrected chi connectivity index (χ1v) is 13.0. The summed E-state index contributed by atoms with van der Waals surface area (Å²) in [4.78, 5) is 3.10. The summed E-state index contributed by atoms with van der Waals surface area (Å²) in [6.07, 6.45) is 5.42. The third kappa shape index (κ3) is 8.15. The number of phenols is 1. The highest BCUT2D eigenvalue weighted by atomic mass is 16.5. The lowest BCUT2D eigenvalue weighted by Gasteiger charge is -2.16. The van der Waals surface area contributed by atoms with Gasteiger partial charge in [-0.15, -0.1) is 0 Å². The third-order valence-electron chi connectivity index (χ3n) is 6.68. The number of unbranched alkanes of at least 4 members (excludes halogenated alkanes) is 1. The predicted molar refractivity (Wildman–Crippen MR) is 139 cm³/mol. The summed E-state index contributed by atoms with van der Waals surface area (Å²) >= 11 is 0. The number of nitrogens with one attached hydrogen (secondary N) is 1. The SMILES string of the molecule is CCCCc1ccc(CCc2ccc(O)c(OC[C@H](O)c3cc([C@H](C)CC[C@H](O)[C@H](C)O)c[nH]3)c2)o1. The van der Waals surface area contributed by atoms with Gasteiger partial charge in [0.25, 0.3) is 0 Å². The first kappa shape index (κ1) is 27.8. The summed E-state index contributed by atoms with van der Waals surface area (Å²) in [7, 11) is 0. The van der Waals surface area contributed by atoms with Crippen LogP contribution in [0.1, 0.15) is 86.8 Å². The van der Waals surface area contributed by atoms with E-state index in [1.807, 2.05) is 37.4 Å². The number of H-pyrrole nitrogens is 1. The number of rotatable bonds is 15. The van der Waals surface area contributed by atoms with Crippen LogP contribution in [0.15, 0.2) is 47.0 Å². The van der Waals surface area contributed by atoms with Crippen LogP contribution in [0.2, 0.25) is 0 Å². The van der Waals surface area contributed by atoms with Gasteiger partial charge >= 0.3 is 0 Å². The second-order valence-corrected chi connectivity index (χ2v) is 9.78. The molecule has 7 heteroatoms. The van der Waals surface area contributed by atoms with Gasteiger partial charge in [0.15, 0.2) is 11.5 Å². The molecule has 1 aromatic carbocycles. The van der Waals surface area contributed by atoms with E-state index in [4.69, 9.17) is 9.15 Å². The maximum atomic E-state index is 10.6. The molecule has 0 saturated heterocycles. The highest BCUT2D eigenvalue weighted by Crippen LogP contribution is 2.30. The van der Waals surface area contributed by atoms with Crippen LogP contribution in [0, 0.1) is 0 Å². The summed E-state index contributed by atoms with van der Waals surface area (Å²) in [5.41, 5.74) is 2.65. The van der Waals surface area contributed by atoms with Gasteiger partial charge in [-0.05, 0) is 80.0 Å².